The lowest BCUT2D eigenvalue weighted by Gasteiger charge is -2.34. The van der Waals surface area contributed by atoms with Crippen molar-refractivity contribution >= 4 is 26.7 Å². The van der Waals surface area contributed by atoms with E-state index in [4.69, 9.17) is 0 Å². The van der Waals surface area contributed by atoms with Gasteiger partial charge in [-0.15, -0.1) is 0 Å². The number of aryl methyl sites for hydroxylation is 1. The number of nitrogens with zero attached hydrogens (tertiary/aromatic N) is 4. The number of sulfonamides is 1. The molecule has 35 heavy (non-hydrogen) atoms. The maximum atomic E-state index is 13.6. The zero-order chi connectivity index (χ0) is 24.6. The fourth-order valence-electron chi connectivity index (χ4n) is 4.23. The summed E-state index contributed by atoms with van der Waals surface area (Å²) in [5.74, 6) is -0.335. The zero-order valence-electron chi connectivity index (χ0n) is 19.2. The molecule has 0 unspecified atom stereocenters. The van der Waals surface area contributed by atoms with Gasteiger partial charge in [0.25, 0.3) is 11.5 Å². The molecule has 9 heteroatoms. The van der Waals surface area contributed by atoms with Crippen molar-refractivity contribution < 1.29 is 13.2 Å². The first kappa shape index (κ1) is 22.9. The van der Waals surface area contributed by atoms with Crippen LogP contribution in [0.5, 0.6) is 0 Å². The minimum atomic E-state index is -3.64. The fraction of sp³-hybridized carbons (Fsp3) is 0.192. The number of amides is 1. The maximum Gasteiger partial charge on any atom is 0.279 e. The highest BCUT2D eigenvalue weighted by molar-refractivity contribution is 7.89. The SMILES string of the molecule is Cc1ccc(S(=O)(=O)N2CCN(C(=O)c3nn(-c4ccccc4)c(=O)c4ccccc34)CC2)cc1. The first-order valence-electron chi connectivity index (χ1n) is 11.3. The number of aromatic nitrogens is 2. The quantitative estimate of drug-likeness (QED) is 0.441. The molecule has 1 saturated heterocycles. The number of fused-ring (bicyclic) bond motifs is 1. The molecule has 8 nitrogen and oxygen atoms in total. The van der Waals surface area contributed by atoms with Gasteiger partial charge < -0.3 is 4.90 Å². The molecule has 2 heterocycles. The minimum absolute atomic E-state index is 0.166. The number of benzene rings is 3. The highest BCUT2D eigenvalue weighted by Gasteiger charge is 2.31. The summed E-state index contributed by atoms with van der Waals surface area (Å²) in [6, 6.07) is 22.6. The van der Waals surface area contributed by atoms with E-state index in [0.29, 0.717) is 16.5 Å². The summed E-state index contributed by atoms with van der Waals surface area (Å²) in [5.41, 5.74) is 1.40. The molecule has 0 aliphatic carbocycles. The zero-order valence-corrected chi connectivity index (χ0v) is 20.0. The van der Waals surface area contributed by atoms with Gasteiger partial charge in [0.05, 0.1) is 16.0 Å². The Labute approximate surface area is 203 Å². The minimum Gasteiger partial charge on any atom is -0.335 e. The number of carbonyl (C=O) groups excluding carboxylic acids is 1. The fourth-order valence-corrected chi connectivity index (χ4v) is 5.65. The first-order valence-corrected chi connectivity index (χ1v) is 12.7. The van der Waals surface area contributed by atoms with Crippen LogP contribution in [0.2, 0.25) is 0 Å². The summed E-state index contributed by atoms with van der Waals surface area (Å²) < 4.78 is 28.7. The van der Waals surface area contributed by atoms with Gasteiger partial charge in [-0.25, -0.2) is 8.42 Å². The van der Waals surface area contributed by atoms with Gasteiger partial charge >= 0.3 is 0 Å². The average molecular weight is 489 g/mol. The van der Waals surface area contributed by atoms with Crippen LogP contribution in [0.25, 0.3) is 16.5 Å². The Balaban J connectivity index is 1.44. The predicted molar refractivity (Wildman–Crippen MR) is 133 cm³/mol. The van der Waals surface area contributed by atoms with Gasteiger partial charge in [-0.05, 0) is 37.3 Å². The van der Waals surface area contributed by atoms with Crippen LogP contribution in [0.4, 0.5) is 0 Å². The third-order valence-corrected chi connectivity index (χ3v) is 8.11. The van der Waals surface area contributed by atoms with E-state index in [1.165, 1.54) is 8.99 Å². The summed E-state index contributed by atoms with van der Waals surface area (Å²) in [6.07, 6.45) is 0. The molecule has 0 bridgehead atoms. The van der Waals surface area contributed by atoms with Gasteiger partial charge in [-0.3, -0.25) is 9.59 Å². The van der Waals surface area contributed by atoms with E-state index >= 15 is 0 Å². The molecule has 5 rings (SSSR count). The smallest absolute Gasteiger partial charge is 0.279 e. The molecule has 1 amide bonds. The molecule has 0 spiro atoms. The lowest BCUT2D eigenvalue weighted by molar-refractivity contribution is 0.0692. The van der Waals surface area contributed by atoms with Crippen LogP contribution in [0.1, 0.15) is 16.1 Å². The summed E-state index contributed by atoms with van der Waals surface area (Å²) >= 11 is 0. The van der Waals surface area contributed by atoms with E-state index in [0.717, 1.165) is 5.56 Å². The van der Waals surface area contributed by atoms with Crippen LogP contribution < -0.4 is 5.56 Å². The van der Waals surface area contributed by atoms with Gasteiger partial charge in [-0.2, -0.15) is 14.1 Å². The molecule has 0 radical (unpaired) electrons. The predicted octanol–water partition coefficient (Wildman–Crippen LogP) is 2.84. The number of piperazine rings is 1. The molecule has 1 aromatic heterocycles. The Morgan fingerprint density at radius 3 is 2.06 bits per heavy atom. The average Bonchev–Trinajstić information content (AvgIpc) is 2.89. The van der Waals surface area contributed by atoms with Crippen molar-refractivity contribution in [2.45, 2.75) is 11.8 Å². The van der Waals surface area contributed by atoms with Crippen LogP contribution in [0, 0.1) is 6.92 Å². The molecule has 178 valence electrons. The normalized spacial score (nSPS) is 14.8. The topological polar surface area (TPSA) is 92.6 Å². The van der Waals surface area contributed by atoms with Gasteiger partial charge in [0.15, 0.2) is 5.69 Å². The Morgan fingerprint density at radius 1 is 0.800 bits per heavy atom. The van der Waals surface area contributed by atoms with Crippen molar-refractivity contribution in [1.82, 2.24) is 19.0 Å². The standard InChI is InChI=1S/C26H24N4O4S/c1-19-11-13-21(14-12-19)35(33,34)29-17-15-28(16-18-29)26(32)24-22-9-5-6-10-23(22)25(31)30(27-24)20-7-3-2-4-8-20/h2-14H,15-18H2,1H3. The number of hydrogen-bond acceptors (Lipinski definition) is 5. The second-order valence-corrected chi connectivity index (χ2v) is 10.4. The molecular weight excluding hydrogens is 464 g/mol. The van der Waals surface area contributed by atoms with E-state index in [1.807, 2.05) is 13.0 Å². The largest absolute Gasteiger partial charge is 0.335 e. The summed E-state index contributed by atoms with van der Waals surface area (Å²) in [6.45, 7) is 2.71. The summed E-state index contributed by atoms with van der Waals surface area (Å²) in [4.78, 5) is 28.5. The van der Waals surface area contributed by atoms with E-state index in [2.05, 4.69) is 5.10 Å². The van der Waals surface area contributed by atoms with E-state index < -0.39 is 10.0 Å². The molecule has 3 aromatic carbocycles. The van der Waals surface area contributed by atoms with Crippen LogP contribution in [0.3, 0.4) is 0 Å². The number of para-hydroxylation sites is 1. The lowest BCUT2D eigenvalue weighted by Crippen LogP contribution is -2.50. The Morgan fingerprint density at radius 2 is 1.40 bits per heavy atom. The highest BCUT2D eigenvalue weighted by Crippen LogP contribution is 2.21. The summed E-state index contributed by atoms with van der Waals surface area (Å²) in [7, 11) is -3.64. The van der Waals surface area contributed by atoms with Crippen LogP contribution in [0.15, 0.2) is 88.6 Å². The van der Waals surface area contributed by atoms with Crippen LogP contribution in [-0.4, -0.2) is 59.5 Å². The maximum absolute atomic E-state index is 13.6. The van der Waals surface area contributed by atoms with E-state index in [1.54, 1.807) is 77.7 Å². The molecule has 0 N–H and O–H groups in total. The number of hydrogen-bond donors (Lipinski definition) is 0. The van der Waals surface area contributed by atoms with E-state index in [-0.39, 0.29) is 48.2 Å². The van der Waals surface area contributed by atoms with Gasteiger partial charge in [-0.1, -0.05) is 54.1 Å². The first-order chi connectivity index (χ1) is 16.9. The van der Waals surface area contributed by atoms with Crippen LogP contribution in [-0.2, 0) is 10.0 Å². The van der Waals surface area contributed by atoms with Gasteiger partial charge in [0.1, 0.15) is 0 Å². The van der Waals surface area contributed by atoms with Crippen molar-refractivity contribution in [2.75, 3.05) is 26.2 Å². The lowest BCUT2D eigenvalue weighted by atomic mass is 10.1. The van der Waals surface area contributed by atoms with E-state index in [9.17, 15) is 18.0 Å². The van der Waals surface area contributed by atoms with Gasteiger partial charge in [0, 0.05) is 31.6 Å². The third kappa shape index (κ3) is 4.24. The van der Waals surface area contributed by atoms with Crippen molar-refractivity contribution in [1.29, 1.82) is 0 Å². The molecule has 1 aliphatic heterocycles. The Kier molecular flexibility index (Phi) is 5.96. The monoisotopic (exact) mass is 488 g/mol. The Bertz CT molecular complexity index is 1560. The van der Waals surface area contributed by atoms with Crippen molar-refractivity contribution in [3.8, 4) is 5.69 Å². The van der Waals surface area contributed by atoms with Crippen molar-refractivity contribution in [3.05, 3.63) is 100 Å². The van der Waals surface area contributed by atoms with Crippen molar-refractivity contribution in [3.63, 3.8) is 0 Å². The molecule has 4 aromatic rings. The molecule has 1 fully saturated rings. The number of rotatable bonds is 4. The Hall–Kier alpha value is -3.82. The summed E-state index contributed by atoms with van der Waals surface area (Å²) in [5, 5.41) is 5.33. The second-order valence-electron chi connectivity index (χ2n) is 8.46. The third-order valence-electron chi connectivity index (χ3n) is 6.19. The number of carbonyl (C=O) groups is 1. The van der Waals surface area contributed by atoms with Crippen molar-refractivity contribution in [2.24, 2.45) is 0 Å². The second kappa shape index (κ2) is 9.09. The molecule has 1 aliphatic rings. The van der Waals surface area contributed by atoms with Gasteiger partial charge in [0.2, 0.25) is 10.0 Å². The van der Waals surface area contributed by atoms with Crippen LogP contribution >= 0.6 is 0 Å². The molecule has 0 atom stereocenters. The molecular formula is C26H24N4O4S. The highest BCUT2D eigenvalue weighted by atomic mass is 32.2. The molecule has 0 saturated carbocycles.